The molecule has 2 amide bonds. The van der Waals surface area contributed by atoms with E-state index >= 15 is 0 Å². The number of hydrogen-bond acceptors (Lipinski definition) is 2. The number of rotatable bonds is 1. The molecule has 0 atom stereocenters. The van der Waals surface area contributed by atoms with Crippen molar-refractivity contribution in [1.29, 1.82) is 0 Å². The van der Waals surface area contributed by atoms with Crippen molar-refractivity contribution in [2.75, 3.05) is 0 Å². The number of carbonyl (C=O) groups is 2. The Morgan fingerprint density at radius 2 is 1.69 bits per heavy atom. The van der Waals surface area contributed by atoms with E-state index in [4.69, 9.17) is 0 Å². The van der Waals surface area contributed by atoms with E-state index in [2.05, 4.69) is 0 Å². The Kier molecular flexibility index (Phi) is 2.26. The molecule has 0 radical (unpaired) electrons. The lowest BCUT2D eigenvalue weighted by Gasteiger charge is -2.03. The smallest absolute Gasteiger partial charge is 0.259 e. The first-order valence-corrected chi connectivity index (χ1v) is 4.21. The molecule has 1 heterocycles. The van der Waals surface area contributed by atoms with Gasteiger partial charge < -0.3 is 0 Å². The molecule has 16 heavy (non-hydrogen) atoms. The fourth-order valence-electron chi connectivity index (χ4n) is 1.35. The zero-order valence-electron chi connectivity index (χ0n) is 7.68. The van der Waals surface area contributed by atoms with E-state index in [-0.39, 0.29) is 5.57 Å². The van der Waals surface area contributed by atoms with Gasteiger partial charge in [-0.1, -0.05) is 0 Å². The average molecular weight is 227 g/mol. The molecule has 2 rings (SSSR count). The van der Waals surface area contributed by atoms with Crippen LogP contribution in [-0.2, 0) is 9.59 Å². The van der Waals surface area contributed by atoms with Gasteiger partial charge in [-0.25, -0.2) is 13.2 Å². The lowest BCUT2D eigenvalue weighted by molar-refractivity contribution is -0.123. The van der Waals surface area contributed by atoms with Crippen LogP contribution >= 0.6 is 0 Å². The van der Waals surface area contributed by atoms with Gasteiger partial charge >= 0.3 is 0 Å². The second kappa shape index (κ2) is 3.48. The Morgan fingerprint density at radius 3 is 2.25 bits per heavy atom. The van der Waals surface area contributed by atoms with Crippen molar-refractivity contribution < 1.29 is 22.8 Å². The highest BCUT2D eigenvalue weighted by atomic mass is 19.2. The number of amides is 2. The molecule has 0 spiro atoms. The van der Waals surface area contributed by atoms with Gasteiger partial charge in [-0.3, -0.25) is 14.9 Å². The minimum atomic E-state index is -1.68. The van der Waals surface area contributed by atoms with Gasteiger partial charge in [0.15, 0.2) is 17.5 Å². The summed E-state index contributed by atoms with van der Waals surface area (Å²) >= 11 is 0. The van der Waals surface area contributed by atoms with Crippen molar-refractivity contribution in [3.8, 4) is 0 Å². The fourth-order valence-corrected chi connectivity index (χ4v) is 1.35. The van der Waals surface area contributed by atoms with Gasteiger partial charge in [0.05, 0.1) is 5.57 Å². The maximum Gasteiger partial charge on any atom is 0.259 e. The molecule has 0 aliphatic carbocycles. The molecule has 1 aliphatic rings. The highest BCUT2D eigenvalue weighted by molar-refractivity contribution is 6.33. The number of imide groups is 1. The second-order valence-corrected chi connectivity index (χ2v) is 3.10. The van der Waals surface area contributed by atoms with Crippen LogP contribution in [-0.4, -0.2) is 11.8 Å². The van der Waals surface area contributed by atoms with Crippen LogP contribution in [0.15, 0.2) is 18.2 Å². The molecule has 0 bridgehead atoms. The first-order valence-electron chi connectivity index (χ1n) is 4.21. The zero-order chi connectivity index (χ0) is 11.9. The Hall–Kier alpha value is -2.11. The molecule has 0 fully saturated rings. The third kappa shape index (κ3) is 1.48. The summed E-state index contributed by atoms with van der Waals surface area (Å²) in [4.78, 5) is 22.0. The SMILES string of the molecule is O=C1C=C(c2ccc(F)c(F)c2F)C(=O)N1. The lowest BCUT2D eigenvalue weighted by Crippen LogP contribution is -2.22. The summed E-state index contributed by atoms with van der Waals surface area (Å²) in [6.45, 7) is 0. The van der Waals surface area contributed by atoms with Crippen LogP contribution in [0.5, 0.6) is 0 Å². The molecule has 82 valence electrons. The molecule has 0 unspecified atom stereocenters. The van der Waals surface area contributed by atoms with Gasteiger partial charge in [0, 0.05) is 11.6 Å². The van der Waals surface area contributed by atoms with Crippen LogP contribution in [0.4, 0.5) is 13.2 Å². The topological polar surface area (TPSA) is 46.2 Å². The van der Waals surface area contributed by atoms with Crippen LogP contribution in [0, 0.1) is 17.5 Å². The first kappa shape index (κ1) is 10.4. The van der Waals surface area contributed by atoms with Gasteiger partial charge in [0.2, 0.25) is 0 Å². The Morgan fingerprint density at radius 1 is 1.00 bits per heavy atom. The van der Waals surface area contributed by atoms with Crippen LogP contribution in [0.3, 0.4) is 0 Å². The molecule has 0 saturated carbocycles. The standard InChI is InChI=1S/C10H4F3NO2/c11-6-2-1-4(8(12)9(6)13)5-3-7(15)14-10(5)16/h1-3H,(H,14,15,16). The van der Waals surface area contributed by atoms with E-state index in [9.17, 15) is 22.8 Å². The quantitative estimate of drug-likeness (QED) is 0.577. The van der Waals surface area contributed by atoms with Crippen LogP contribution in [0.2, 0.25) is 0 Å². The van der Waals surface area contributed by atoms with Gasteiger partial charge in [-0.05, 0) is 12.1 Å². The van der Waals surface area contributed by atoms with E-state index in [0.717, 1.165) is 12.1 Å². The molecule has 1 aliphatic heterocycles. The second-order valence-electron chi connectivity index (χ2n) is 3.10. The van der Waals surface area contributed by atoms with Crippen molar-refractivity contribution in [1.82, 2.24) is 5.32 Å². The maximum absolute atomic E-state index is 13.3. The Bertz CT molecular complexity index is 537. The third-order valence-corrected chi connectivity index (χ3v) is 2.08. The van der Waals surface area contributed by atoms with Crippen LogP contribution in [0.1, 0.15) is 5.56 Å². The maximum atomic E-state index is 13.3. The third-order valence-electron chi connectivity index (χ3n) is 2.08. The number of benzene rings is 1. The molecular weight excluding hydrogens is 223 g/mol. The zero-order valence-corrected chi connectivity index (χ0v) is 7.68. The summed E-state index contributed by atoms with van der Waals surface area (Å²) in [6, 6.07) is 1.59. The van der Waals surface area contributed by atoms with Gasteiger partial charge in [0.1, 0.15) is 0 Å². The molecule has 3 nitrogen and oxygen atoms in total. The van der Waals surface area contributed by atoms with Crippen molar-refractivity contribution in [3.63, 3.8) is 0 Å². The number of carbonyl (C=O) groups excluding carboxylic acids is 2. The highest BCUT2D eigenvalue weighted by Gasteiger charge is 2.26. The minimum absolute atomic E-state index is 0.318. The highest BCUT2D eigenvalue weighted by Crippen LogP contribution is 2.24. The number of nitrogens with one attached hydrogen (secondary N) is 1. The Labute approximate surface area is 87.6 Å². The van der Waals surface area contributed by atoms with Gasteiger partial charge in [-0.2, -0.15) is 0 Å². The van der Waals surface area contributed by atoms with E-state index in [1.165, 1.54) is 0 Å². The molecule has 0 aromatic heterocycles. The van der Waals surface area contributed by atoms with E-state index in [1.807, 2.05) is 5.32 Å². The van der Waals surface area contributed by atoms with Crippen LogP contribution < -0.4 is 5.32 Å². The van der Waals surface area contributed by atoms with Crippen molar-refractivity contribution in [3.05, 3.63) is 41.2 Å². The summed E-state index contributed by atoms with van der Waals surface area (Å²) < 4.78 is 38.8. The van der Waals surface area contributed by atoms with E-state index in [0.29, 0.717) is 6.07 Å². The summed E-state index contributed by atoms with van der Waals surface area (Å²) in [7, 11) is 0. The largest absolute Gasteiger partial charge is 0.289 e. The van der Waals surface area contributed by atoms with Crippen molar-refractivity contribution >= 4 is 17.4 Å². The van der Waals surface area contributed by atoms with Gasteiger partial charge in [-0.15, -0.1) is 0 Å². The molecule has 1 aromatic carbocycles. The number of hydrogen-bond donors (Lipinski definition) is 1. The predicted octanol–water partition coefficient (Wildman–Crippen LogP) is 1.14. The summed E-state index contributed by atoms with van der Waals surface area (Å²) in [6.07, 6.45) is 0.831. The van der Waals surface area contributed by atoms with Crippen LogP contribution in [0.25, 0.3) is 5.57 Å². The minimum Gasteiger partial charge on any atom is -0.289 e. The molecule has 1 N–H and O–H groups in total. The summed E-state index contributed by atoms with van der Waals surface area (Å²) in [5.41, 5.74) is -0.761. The average Bonchev–Trinajstić information content (AvgIpc) is 2.55. The van der Waals surface area contributed by atoms with Crippen molar-refractivity contribution in [2.24, 2.45) is 0 Å². The fraction of sp³-hybridized carbons (Fsp3) is 0. The monoisotopic (exact) mass is 227 g/mol. The number of halogens is 3. The van der Waals surface area contributed by atoms with Gasteiger partial charge in [0.25, 0.3) is 11.8 Å². The lowest BCUT2D eigenvalue weighted by atomic mass is 10.1. The molecule has 1 aromatic rings. The molecule has 0 saturated heterocycles. The summed E-state index contributed by atoms with van der Waals surface area (Å²) in [5, 5.41) is 1.87. The van der Waals surface area contributed by atoms with E-state index < -0.39 is 34.8 Å². The predicted molar refractivity (Wildman–Crippen MR) is 47.4 cm³/mol. The van der Waals surface area contributed by atoms with E-state index in [1.54, 1.807) is 0 Å². The molecular formula is C10H4F3NO2. The van der Waals surface area contributed by atoms with Crippen molar-refractivity contribution in [2.45, 2.75) is 0 Å². The Balaban J connectivity index is 2.58. The summed E-state index contributed by atoms with van der Waals surface area (Å²) in [5.74, 6) is -6.08. The molecule has 6 heteroatoms. The normalized spacial score (nSPS) is 15.1. The first-order chi connectivity index (χ1) is 7.50.